The van der Waals surface area contributed by atoms with Gasteiger partial charge in [-0.1, -0.05) is 12.2 Å². The summed E-state index contributed by atoms with van der Waals surface area (Å²) in [7, 11) is 0. The predicted octanol–water partition coefficient (Wildman–Crippen LogP) is 0.938. The van der Waals surface area contributed by atoms with Crippen molar-refractivity contribution in [3.63, 3.8) is 0 Å². The molecule has 92 valence electrons. The molecule has 0 aromatic carbocycles. The Balaban J connectivity index is 2.25. The molecule has 0 radical (unpaired) electrons. The highest BCUT2D eigenvalue weighted by atomic mass is 32.1. The van der Waals surface area contributed by atoms with Gasteiger partial charge in [0.15, 0.2) is 0 Å². The molecule has 1 heterocycles. The molecule has 0 aromatic rings. The summed E-state index contributed by atoms with van der Waals surface area (Å²) in [6.45, 7) is 4.65. The maximum Gasteiger partial charge on any atom is 0.224 e. The summed E-state index contributed by atoms with van der Waals surface area (Å²) in [4.78, 5) is 14.2. The minimum absolute atomic E-state index is 0.176. The van der Waals surface area contributed by atoms with E-state index >= 15 is 0 Å². The number of hydrogen-bond acceptors (Lipinski definition) is 3. The molecule has 0 spiro atoms. The Morgan fingerprint density at radius 3 is 2.62 bits per heavy atom. The number of carbonyl (C=O) groups is 1. The van der Waals surface area contributed by atoms with Crippen LogP contribution < -0.4 is 5.73 Å². The molecule has 2 N–H and O–H groups in total. The van der Waals surface area contributed by atoms with Crippen LogP contribution in [0.1, 0.15) is 26.2 Å². The fraction of sp³-hybridized carbons (Fsp3) is 0.818. The third kappa shape index (κ3) is 4.06. The first-order valence-corrected chi connectivity index (χ1v) is 6.20. The minimum Gasteiger partial charge on any atom is -0.393 e. The van der Waals surface area contributed by atoms with Crippen molar-refractivity contribution >= 4 is 23.1 Å². The molecular weight excluding hydrogens is 224 g/mol. The quantitative estimate of drug-likeness (QED) is 0.577. The highest BCUT2D eigenvalue weighted by molar-refractivity contribution is 7.80. The molecule has 4 nitrogen and oxygen atoms in total. The third-order valence-electron chi connectivity index (χ3n) is 2.91. The van der Waals surface area contributed by atoms with E-state index < -0.39 is 0 Å². The number of piperidine rings is 1. The Morgan fingerprint density at radius 1 is 1.50 bits per heavy atom. The van der Waals surface area contributed by atoms with Gasteiger partial charge < -0.3 is 15.4 Å². The van der Waals surface area contributed by atoms with E-state index in [2.05, 4.69) is 0 Å². The van der Waals surface area contributed by atoms with Crippen molar-refractivity contribution in [2.75, 3.05) is 26.3 Å². The number of carbonyl (C=O) groups excluding carboxylic acids is 1. The molecule has 0 saturated carbocycles. The molecule has 0 bridgehead atoms. The van der Waals surface area contributed by atoms with Gasteiger partial charge in [0.05, 0.1) is 18.0 Å². The van der Waals surface area contributed by atoms with Crippen LogP contribution in [0.15, 0.2) is 0 Å². The van der Waals surface area contributed by atoms with Gasteiger partial charge in [0.25, 0.3) is 0 Å². The largest absolute Gasteiger partial charge is 0.393 e. The van der Waals surface area contributed by atoms with Gasteiger partial charge >= 0.3 is 0 Å². The van der Waals surface area contributed by atoms with Crippen molar-refractivity contribution in [3.8, 4) is 0 Å². The van der Waals surface area contributed by atoms with Crippen LogP contribution >= 0.6 is 12.2 Å². The van der Waals surface area contributed by atoms with E-state index in [0.717, 1.165) is 25.9 Å². The van der Waals surface area contributed by atoms with Gasteiger partial charge in [-0.15, -0.1) is 0 Å². The fourth-order valence-corrected chi connectivity index (χ4v) is 2.11. The van der Waals surface area contributed by atoms with Crippen molar-refractivity contribution < 1.29 is 9.53 Å². The van der Waals surface area contributed by atoms with E-state index in [9.17, 15) is 4.79 Å². The standard InChI is InChI=1S/C11H20N2O2S/c1-2-15-8-5-10(14)13-6-3-9(4-7-13)11(12)16/h9H,2-8H2,1H3,(H2,12,16). The Labute approximate surface area is 102 Å². The number of likely N-dealkylation sites (tertiary alicyclic amines) is 1. The molecular formula is C11H20N2O2S. The SMILES string of the molecule is CCOCCC(=O)N1CCC(C(N)=S)CC1. The molecule has 5 heteroatoms. The summed E-state index contributed by atoms with van der Waals surface area (Å²) >= 11 is 4.96. The number of nitrogens with two attached hydrogens (primary N) is 1. The summed E-state index contributed by atoms with van der Waals surface area (Å²) in [5, 5.41) is 0. The van der Waals surface area contributed by atoms with E-state index in [0.29, 0.717) is 30.5 Å². The Kier molecular flexibility index (Phi) is 5.69. The second kappa shape index (κ2) is 6.81. The van der Waals surface area contributed by atoms with Crippen LogP contribution in [0, 0.1) is 5.92 Å². The number of hydrogen-bond donors (Lipinski definition) is 1. The first kappa shape index (κ1) is 13.4. The van der Waals surface area contributed by atoms with E-state index in [1.807, 2.05) is 11.8 Å². The van der Waals surface area contributed by atoms with Crippen LogP contribution in [0.4, 0.5) is 0 Å². The lowest BCUT2D eigenvalue weighted by atomic mass is 9.97. The van der Waals surface area contributed by atoms with Crippen molar-refractivity contribution in [1.82, 2.24) is 4.90 Å². The summed E-state index contributed by atoms with van der Waals surface area (Å²) in [5.74, 6) is 0.487. The molecule has 1 saturated heterocycles. The Morgan fingerprint density at radius 2 is 2.12 bits per heavy atom. The van der Waals surface area contributed by atoms with Gasteiger partial charge in [-0.2, -0.15) is 0 Å². The highest BCUT2D eigenvalue weighted by Gasteiger charge is 2.23. The number of thiocarbonyl (C=S) groups is 1. The molecule has 1 amide bonds. The van der Waals surface area contributed by atoms with E-state index in [1.165, 1.54) is 0 Å². The van der Waals surface area contributed by atoms with Crippen molar-refractivity contribution in [3.05, 3.63) is 0 Å². The molecule has 0 aliphatic carbocycles. The monoisotopic (exact) mass is 244 g/mol. The first-order chi connectivity index (χ1) is 7.65. The van der Waals surface area contributed by atoms with Crippen molar-refractivity contribution in [2.45, 2.75) is 26.2 Å². The molecule has 0 atom stereocenters. The molecule has 1 aliphatic heterocycles. The zero-order valence-corrected chi connectivity index (χ0v) is 10.6. The second-order valence-electron chi connectivity index (χ2n) is 4.00. The number of ether oxygens (including phenoxy) is 1. The third-order valence-corrected chi connectivity index (χ3v) is 3.25. The van der Waals surface area contributed by atoms with Crippen LogP contribution in [0.3, 0.4) is 0 Å². The molecule has 16 heavy (non-hydrogen) atoms. The zero-order valence-electron chi connectivity index (χ0n) is 9.78. The van der Waals surface area contributed by atoms with E-state index in [-0.39, 0.29) is 5.91 Å². The molecule has 1 rings (SSSR count). The van der Waals surface area contributed by atoms with Gasteiger partial charge in [0.2, 0.25) is 5.91 Å². The smallest absolute Gasteiger partial charge is 0.224 e. The lowest BCUT2D eigenvalue weighted by Crippen LogP contribution is -2.41. The fourth-order valence-electron chi connectivity index (χ4n) is 1.88. The van der Waals surface area contributed by atoms with Crippen LogP contribution in [-0.4, -0.2) is 42.1 Å². The number of nitrogens with zero attached hydrogens (tertiary/aromatic N) is 1. The predicted molar refractivity (Wildman–Crippen MR) is 67.2 cm³/mol. The second-order valence-corrected chi connectivity index (χ2v) is 4.48. The van der Waals surface area contributed by atoms with Crippen LogP contribution in [0.5, 0.6) is 0 Å². The van der Waals surface area contributed by atoms with Crippen LogP contribution in [0.25, 0.3) is 0 Å². The average molecular weight is 244 g/mol. The lowest BCUT2D eigenvalue weighted by molar-refractivity contribution is -0.133. The topological polar surface area (TPSA) is 55.6 Å². The van der Waals surface area contributed by atoms with Gasteiger partial charge in [-0.25, -0.2) is 0 Å². The van der Waals surface area contributed by atoms with Gasteiger partial charge in [-0.05, 0) is 19.8 Å². The number of rotatable bonds is 5. The van der Waals surface area contributed by atoms with Gasteiger partial charge in [-0.3, -0.25) is 4.79 Å². The lowest BCUT2D eigenvalue weighted by Gasteiger charge is -2.31. The molecule has 0 aromatic heterocycles. The Hall–Kier alpha value is -0.680. The van der Waals surface area contributed by atoms with Crippen LogP contribution in [0.2, 0.25) is 0 Å². The first-order valence-electron chi connectivity index (χ1n) is 5.80. The van der Waals surface area contributed by atoms with Crippen LogP contribution in [-0.2, 0) is 9.53 Å². The molecule has 1 aliphatic rings. The minimum atomic E-state index is 0.176. The highest BCUT2D eigenvalue weighted by Crippen LogP contribution is 2.17. The zero-order chi connectivity index (χ0) is 12.0. The summed E-state index contributed by atoms with van der Waals surface area (Å²) < 4.78 is 5.17. The van der Waals surface area contributed by atoms with Crippen molar-refractivity contribution in [2.24, 2.45) is 11.7 Å². The maximum absolute atomic E-state index is 11.7. The normalized spacial score (nSPS) is 17.4. The van der Waals surface area contributed by atoms with E-state index in [4.69, 9.17) is 22.7 Å². The summed E-state index contributed by atoms with van der Waals surface area (Å²) in [5.41, 5.74) is 5.59. The van der Waals surface area contributed by atoms with Gasteiger partial charge in [0.1, 0.15) is 0 Å². The Bertz CT molecular complexity index is 250. The average Bonchev–Trinajstić information content (AvgIpc) is 2.29. The summed E-state index contributed by atoms with van der Waals surface area (Å²) in [6, 6.07) is 0. The number of amides is 1. The molecule has 1 fully saturated rings. The van der Waals surface area contributed by atoms with E-state index in [1.54, 1.807) is 0 Å². The van der Waals surface area contributed by atoms with Crippen molar-refractivity contribution in [1.29, 1.82) is 0 Å². The maximum atomic E-state index is 11.7. The molecule has 0 unspecified atom stereocenters. The van der Waals surface area contributed by atoms with Gasteiger partial charge in [0, 0.05) is 25.6 Å². The summed E-state index contributed by atoms with van der Waals surface area (Å²) in [6.07, 6.45) is 2.27.